The third kappa shape index (κ3) is 5.40. The van der Waals surface area contributed by atoms with Crippen LogP contribution in [-0.4, -0.2) is 24.7 Å². The van der Waals surface area contributed by atoms with E-state index in [1.807, 2.05) is 0 Å². The lowest BCUT2D eigenvalue weighted by molar-refractivity contribution is 0.132. The van der Waals surface area contributed by atoms with Crippen molar-refractivity contribution in [2.24, 2.45) is 5.92 Å². The summed E-state index contributed by atoms with van der Waals surface area (Å²) in [5.41, 5.74) is 11.7. The molecule has 0 amide bonds. The van der Waals surface area contributed by atoms with Crippen LogP contribution >= 0.6 is 0 Å². The molecule has 5 nitrogen and oxygen atoms in total. The predicted molar refractivity (Wildman–Crippen MR) is 71.8 cm³/mol. The Morgan fingerprint density at radius 2 is 2.06 bits per heavy atom. The van der Waals surface area contributed by atoms with Crippen LogP contribution in [0.15, 0.2) is 12.1 Å². The van der Waals surface area contributed by atoms with Crippen molar-refractivity contribution in [1.29, 1.82) is 0 Å². The highest BCUT2D eigenvalue weighted by Crippen LogP contribution is 2.14. The molecule has 96 valence electrons. The first-order valence-electron chi connectivity index (χ1n) is 5.93. The molecule has 1 heterocycles. The maximum Gasteiger partial charge on any atom is 0.149 e. The zero-order valence-corrected chi connectivity index (χ0v) is 10.6. The van der Waals surface area contributed by atoms with Crippen molar-refractivity contribution in [3.63, 3.8) is 0 Å². The van der Waals surface area contributed by atoms with Crippen molar-refractivity contribution in [2.45, 2.75) is 20.3 Å². The fourth-order valence-corrected chi connectivity index (χ4v) is 1.26. The molecule has 0 unspecified atom stereocenters. The summed E-state index contributed by atoms with van der Waals surface area (Å²) in [6, 6.07) is 3.55. The molecule has 1 aromatic heterocycles. The summed E-state index contributed by atoms with van der Waals surface area (Å²) in [5, 5.41) is 3.13. The Morgan fingerprint density at radius 1 is 1.29 bits per heavy atom. The number of nitrogens with one attached hydrogen (secondary N) is 1. The van der Waals surface area contributed by atoms with Gasteiger partial charge in [-0.05, 0) is 24.5 Å². The summed E-state index contributed by atoms with van der Waals surface area (Å²) in [4.78, 5) is 4.10. The lowest BCUT2D eigenvalue weighted by Gasteiger charge is -2.09. The van der Waals surface area contributed by atoms with E-state index in [0.29, 0.717) is 30.6 Å². The van der Waals surface area contributed by atoms with Gasteiger partial charge in [0.1, 0.15) is 11.6 Å². The highest BCUT2D eigenvalue weighted by molar-refractivity contribution is 5.61. The van der Waals surface area contributed by atoms with Crippen LogP contribution in [0.1, 0.15) is 20.3 Å². The van der Waals surface area contributed by atoms with Crippen molar-refractivity contribution in [2.75, 3.05) is 36.5 Å². The zero-order chi connectivity index (χ0) is 12.7. The smallest absolute Gasteiger partial charge is 0.149 e. The van der Waals surface area contributed by atoms with Gasteiger partial charge in [0.2, 0.25) is 0 Å². The quantitative estimate of drug-likeness (QED) is 0.630. The maximum atomic E-state index is 5.60. The van der Waals surface area contributed by atoms with E-state index in [1.165, 1.54) is 0 Å². The maximum absolute atomic E-state index is 5.60. The average molecular weight is 238 g/mol. The van der Waals surface area contributed by atoms with Crippen LogP contribution in [0.2, 0.25) is 0 Å². The number of ether oxygens (including phenoxy) is 1. The monoisotopic (exact) mass is 238 g/mol. The molecule has 0 radical (unpaired) electrons. The van der Waals surface area contributed by atoms with E-state index in [4.69, 9.17) is 16.2 Å². The van der Waals surface area contributed by atoms with Gasteiger partial charge in [0.25, 0.3) is 0 Å². The number of rotatable bonds is 7. The second-order valence-electron chi connectivity index (χ2n) is 4.39. The predicted octanol–water partition coefficient (Wildman–Crippen LogP) is 1.72. The minimum absolute atomic E-state index is 0.357. The molecule has 0 saturated heterocycles. The van der Waals surface area contributed by atoms with Gasteiger partial charge in [0.05, 0.1) is 12.3 Å². The summed E-state index contributed by atoms with van der Waals surface area (Å²) < 4.78 is 5.47. The number of aromatic nitrogens is 1. The van der Waals surface area contributed by atoms with Gasteiger partial charge in [-0.1, -0.05) is 13.8 Å². The Hall–Kier alpha value is -1.49. The van der Waals surface area contributed by atoms with Crippen molar-refractivity contribution in [3.05, 3.63) is 12.1 Å². The molecule has 0 aliphatic heterocycles. The third-order valence-electron chi connectivity index (χ3n) is 2.35. The molecule has 0 fully saturated rings. The summed E-state index contributed by atoms with van der Waals surface area (Å²) in [5.74, 6) is 1.77. The molecular weight excluding hydrogens is 216 g/mol. The van der Waals surface area contributed by atoms with Crippen molar-refractivity contribution in [3.8, 4) is 0 Å². The molecule has 0 spiro atoms. The van der Waals surface area contributed by atoms with Gasteiger partial charge in [-0.15, -0.1) is 0 Å². The van der Waals surface area contributed by atoms with E-state index in [2.05, 4.69) is 24.1 Å². The van der Waals surface area contributed by atoms with Gasteiger partial charge in [0.15, 0.2) is 0 Å². The number of anilines is 3. The average Bonchev–Trinajstić information content (AvgIpc) is 2.27. The number of pyridine rings is 1. The molecular formula is C12H22N4O. The van der Waals surface area contributed by atoms with Gasteiger partial charge in [-0.2, -0.15) is 0 Å². The topological polar surface area (TPSA) is 86.2 Å². The van der Waals surface area contributed by atoms with Gasteiger partial charge < -0.3 is 21.5 Å². The minimum atomic E-state index is 0.357. The normalized spacial score (nSPS) is 10.8. The Balaban J connectivity index is 2.16. The lowest BCUT2D eigenvalue weighted by Crippen LogP contribution is -2.12. The first-order chi connectivity index (χ1) is 8.09. The molecule has 5 heteroatoms. The van der Waals surface area contributed by atoms with E-state index in [9.17, 15) is 0 Å². The first-order valence-corrected chi connectivity index (χ1v) is 5.93. The molecule has 5 N–H and O–H groups in total. The standard InChI is InChI=1S/C12H22N4O/c1-9(2)5-7-17-8-6-15-11-4-3-10(13)12(14)16-11/h3-4,9H,5-8,13H2,1-2H3,(H3,14,15,16). The SMILES string of the molecule is CC(C)CCOCCNc1ccc(N)c(N)n1. The molecule has 0 atom stereocenters. The Kier molecular flexibility index (Phi) is 5.56. The molecule has 0 aliphatic rings. The number of nitrogens with two attached hydrogens (primary N) is 2. The van der Waals surface area contributed by atoms with Crippen molar-refractivity contribution < 1.29 is 4.74 Å². The number of nitrogens with zero attached hydrogens (tertiary/aromatic N) is 1. The highest BCUT2D eigenvalue weighted by atomic mass is 16.5. The molecule has 0 aromatic carbocycles. The molecule has 17 heavy (non-hydrogen) atoms. The second kappa shape index (κ2) is 6.96. The molecule has 1 rings (SSSR count). The van der Waals surface area contributed by atoms with Crippen LogP contribution in [0.5, 0.6) is 0 Å². The van der Waals surface area contributed by atoms with Crippen molar-refractivity contribution in [1.82, 2.24) is 4.98 Å². The molecule has 0 saturated carbocycles. The van der Waals surface area contributed by atoms with Crippen molar-refractivity contribution >= 4 is 17.3 Å². The summed E-state index contributed by atoms with van der Waals surface area (Å²) in [6.45, 7) is 6.55. The van der Waals surface area contributed by atoms with E-state index in [0.717, 1.165) is 18.8 Å². The first kappa shape index (κ1) is 13.6. The van der Waals surface area contributed by atoms with Crippen LogP contribution in [0.4, 0.5) is 17.3 Å². The number of hydrogen-bond acceptors (Lipinski definition) is 5. The lowest BCUT2D eigenvalue weighted by atomic mass is 10.1. The zero-order valence-electron chi connectivity index (χ0n) is 10.6. The summed E-state index contributed by atoms with van der Waals surface area (Å²) >= 11 is 0. The Morgan fingerprint density at radius 3 is 2.71 bits per heavy atom. The van der Waals surface area contributed by atoms with E-state index < -0.39 is 0 Å². The third-order valence-corrected chi connectivity index (χ3v) is 2.35. The minimum Gasteiger partial charge on any atom is -0.396 e. The van der Waals surface area contributed by atoms with Gasteiger partial charge in [-0.25, -0.2) is 4.98 Å². The fraction of sp³-hybridized carbons (Fsp3) is 0.583. The van der Waals surface area contributed by atoms with Crippen LogP contribution in [-0.2, 0) is 4.74 Å². The highest BCUT2D eigenvalue weighted by Gasteiger charge is 1.98. The Bertz CT molecular complexity index is 341. The Labute approximate surface area is 103 Å². The van der Waals surface area contributed by atoms with E-state index in [-0.39, 0.29) is 0 Å². The van der Waals surface area contributed by atoms with Gasteiger partial charge >= 0.3 is 0 Å². The van der Waals surface area contributed by atoms with Crippen LogP contribution in [0, 0.1) is 5.92 Å². The van der Waals surface area contributed by atoms with Gasteiger partial charge in [0, 0.05) is 13.2 Å². The molecule has 0 aliphatic carbocycles. The summed E-state index contributed by atoms with van der Waals surface area (Å²) in [7, 11) is 0. The molecule has 1 aromatic rings. The van der Waals surface area contributed by atoms with Crippen LogP contribution in [0.3, 0.4) is 0 Å². The fourth-order valence-electron chi connectivity index (χ4n) is 1.26. The largest absolute Gasteiger partial charge is 0.396 e. The second-order valence-corrected chi connectivity index (χ2v) is 4.39. The van der Waals surface area contributed by atoms with E-state index >= 15 is 0 Å². The van der Waals surface area contributed by atoms with Crippen LogP contribution in [0.25, 0.3) is 0 Å². The van der Waals surface area contributed by atoms with Crippen LogP contribution < -0.4 is 16.8 Å². The molecule has 0 bridgehead atoms. The van der Waals surface area contributed by atoms with Gasteiger partial charge in [-0.3, -0.25) is 0 Å². The summed E-state index contributed by atoms with van der Waals surface area (Å²) in [6.07, 6.45) is 1.09. The van der Waals surface area contributed by atoms with E-state index in [1.54, 1.807) is 12.1 Å². The number of hydrogen-bond donors (Lipinski definition) is 3. The number of nitrogen functional groups attached to an aromatic ring is 2.